The Kier molecular flexibility index (Phi) is 5.18. The van der Waals surface area contributed by atoms with Crippen molar-refractivity contribution in [3.8, 4) is 0 Å². The number of aromatic nitrogens is 3. The molecular formula is C21H22N6O3. The van der Waals surface area contributed by atoms with Crippen molar-refractivity contribution in [2.24, 2.45) is 7.05 Å². The monoisotopic (exact) mass is 406 g/mol. The highest BCUT2D eigenvalue weighted by Gasteiger charge is 2.24. The second kappa shape index (κ2) is 7.94. The minimum absolute atomic E-state index is 0.0561. The highest BCUT2D eigenvalue weighted by atomic mass is 16.2. The van der Waals surface area contributed by atoms with E-state index in [4.69, 9.17) is 0 Å². The van der Waals surface area contributed by atoms with Gasteiger partial charge in [0.2, 0.25) is 0 Å². The third-order valence-electron chi connectivity index (χ3n) is 5.19. The van der Waals surface area contributed by atoms with E-state index in [0.717, 1.165) is 0 Å². The van der Waals surface area contributed by atoms with Gasteiger partial charge in [-0.15, -0.1) is 0 Å². The minimum Gasteiger partial charge on any atom is -0.348 e. The molecular weight excluding hydrogens is 384 g/mol. The van der Waals surface area contributed by atoms with Crippen LogP contribution in [0, 0.1) is 0 Å². The van der Waals surface area contributed by atoms with Gasteiger partial charge >= 0.3 is 6.03 Å². The Morgan fingerprint density at radius 2 is 1.83 bits per heavy atom. The van der Waals surface area contributed by atoms with Crippen LogP contribution in [0.3, 0.4) is 0 Å². The number of aryl methyl sites for hydroxylation is 1. The number of pyridine rings is 1. The van der Waals surface area contributed by atoms with Crippen LogP contribution in [-0.4, -0.2) is 57.4 Å². The Morgan fingerprint density at radius 3 is 2.57 bits per heavy atom. The third kappa shape index (κ3) is 3.73. The van der Waals surface area contributed by atoms with Gasteiger partial charge < -0.3 is 15.1 Å². The molecule has 1 N–H and O–H groups in total. The van der Waals surface area contributed by atoms with Crippen LogP contribution in [0.1, 0.15) is 17.3 Å². The molecule has 0 radical (unpaired) electrons. The van der Waals surface area contributed by atoms with Crippen molar-refractivity contribution in [1.29, 1.82) is 0 Å². The number of benzene rings is 1. The van der Waals surface area contributed by atoms with E-state index in [9.17, 15) is 14.4 Å². The minimum atomic E-state index is -0.237. The van der Waals surface area contributed by atoms with E-state index in [1.54, 1.807) is 48.5 Å². The third-order valence-corrected chi connectivity index (χ3v) is 5.19. The first-order chi connectivity index (χ1) is 14.4. The molecule has 1 aromatic carbocycles. The average molecular weight is 406 g/mol. The summed E-state index contributed by atoms with van der Waals surface area (Å²) in [5.41, 5.74) is 2.11. The fraction of sp³-hybridized carbons (Fsp3) is 0.286. The molecule has 1 saturated heterocycles. The summed E-state index contributed by atoms with van der Waals surface area (Å²) < 4.78 is 1.50. The average Bonchev–Trinajstić information content (AvgIpc) is 2.76. The molecule has 9 heteroatoms. The maximum atomic E-state index is 12.7. The first-order valence-electron chi connectivity index (χ1n) is 9.67. The molecule has 3 aromatic rings. The van der Waals surface area contributed by atoms with Gasteiger partial charge in [-0.1, -0.05) is 12.1 Å². The Morgan fingerprint density at radius 1 is 1.07 bits per heavy atom. The zero-order valence-electron chi connectivity index (χ0n) is 16.8. The molecule has 154 valence electrons. The summed E-state index contributed by atoms with van der Waals surface area (Å²) in [5.74, 6) is 0.312. The number of hydrogen-bond donors (Lipinski definition) is 1. The summed E-state index contributed by atoms with van der Waals surface area (Å²) in [6, 6.07) is 10.2. The van der Waals surface area contributed by atoms with Crippen molar-refractivity contribution in [3.05, 3.63) is 58.5 Å². The molecule has 0 unspecified atom stereocenters. The van der Waals surface area contributed by atoms with Crippen LogP contribution < -0.4 is 15.8 Å². The van der Waals surface area contributed by atoms with Crippen molar-refractivity contribution in [3.63, 3.8) is 0 Å². The molecule has 30 heavy (non-hydrogen) atoms. The first kappa shape index (κ1) is 19.6. The van der Waals surface area contributed by atoms with E-state index in [1.807, 2.05) is 11.0 Å². The predicted octanol–water partition coefficient (Wildman–Crippen LogP) is 1.89. The number of amides is 2. The summed E-state index contributed by atoms with van der Waals surface area (Å²) in [7, 11) is 1.68. The number of piperazine rings is 1. The van der Waals surface area contributed by atoms with Crippen LogP contribution in [0.4, 0.5) is 16.3 Å². The molecule has 0 saturated carbocycles. The van der Waals surface area contributed by atoms with Gasteiger partial charge in [-0.05, 0) is 31.2 Å². The van der Waals surface area contributed by atoms with E-state index in [1.165, 1.54) is 11.5 Å². The number of fused-ring (bicyclic) bond motifs is 1. The quantitative estimate of drug-likeness (QED) is 0.667. The topological polar surface area (TPSA) is 100 Å². The molecule has 0 bridgehead atoms. The second-order valence-electron chi connectivity index (χ2n) is 7.19. The normalized spacial score (nSPS) is 14.1. The molecule has 0 atom stereocenters. The smallest absolute Gasteiger partial charge is 0.321 e. The second-order valence-corrected chi connectivity index (χ2v) is 7.19. The van der Waals surface area contributed by atoms with Crippen LogP contribution in [0.15, 0.2) is 47.4 Å². The van der Waals surface area contributed by atoms with E-state index < -0.39 is 0 Å². The predicted molar refractivity (Wildman–Crippen MR) is 114 cm³/mol. The van der Waals surface area contributed by atoms with Crippen LogP contribution in [-0.2, 0) is 7.05 Å². The highest BCUT2D eigenvalue weighted by molar-refractivity contribution is 5.96. The lowest BCUT2D eigenvalue weighted by Crippen LogP contribution is -2.51. The van der Waals surface area contributed by atoms with Gasteiger partial charge in [0.15, 0.2) is 17.2 Å². The summed E-state index contributed by atoms with van der Waals surface area (Å²) in [5, 5.41) is 2.83. The maximum Gasteiger partial charge on any atom is 0.321 e. The number of Topliss-reactive ketones (excluding diaryl/α,β-unsaturated/α-hetero) is 1. The number of nitrogens with one attached hydrogen (secondary N) is 1. The van der Waals surface area contributed by atoms with Crippen molar-refractivity contribution in [2.45, 2.75) is 6.92 Å². The van der Waals surface area contributed by atoms with Gasteiger partial charge in [-0.3, -0.25) is 14.2 Å². The molecule has 0 aliphatic carbocycles. The molecule has 9 nitrogen and oxygen atoms in total. The van der Waals surface area contributed by atoms with Crippen molar-refractivity contribution < 1.29 is 9.59 Å². The number of urea groups is 1. The summed E-state index contributed by atoms with van der Waals surface area (Å²) in [4.78, 5) is 49.2. The first-order valence-corrected chi connectivity index (χ1v) is 9.67. The van der Waals surface area contributed by atoms with Crippen molar-refractivity contribution in [1.82, 2.24) is 19.4 Å². The Bertz CT molecular complexity index is 1180. The summed E-state index contributed by atoms with van der Waals surface area (Å²) in [6.45, 7) is 3.38. The van der Waals surface area contributed by atoms with E-state index in [-0.39, 0.29) is 17.4 Å². The zero-order valence-corrected chi connectivity index (χ0v) is 16.8. The summed E-state index contributed by atoms with van der Waals surface area (Å²) in [6.07, 6.45) is 1.63. The lowest BCUT2D eigenvalue weighted by atomic mass is 10.1. The number of ketones is 1. The zero-order chi connectivity index (χ0) is 21.3. The highest BCUT2D eigenvalue weighted by Crippen LogP contribution is 2.16. The lowest BCUT2D eigenvalue weighted by molar-refractivity contribution is 0.101. The van der Waals surface area contributed by atoms with Crippen LogP contribution in [0.5, 0.6) is 0 Å². The summed E-state index contributed by atoms with van der Waals surface area (Å²) >= 11 is 0. The van der Waals surface area contributed by atoms with Gasteiger partial charge in [0.05, 0.1) is 0 Å². The van der Waals surface area contributed by atoms with Crippen molar-refractivity contribution >= 4 is 34.5 Å². The van der Waals surface area contributed by atoms with Crippen LogP contribution in [0.2, 0.25) is 0 Å². The van der Waals surface area contributed by atoms with Gasteiger partial charge in [-0.2, -0.15) is 0 Å². The van der Waals surface area contributed by atoms with Gasteiger partial charge in [0, 0.05) is 50.7 Å². The standard InChI is InChI=1S/C21H22N6O3/c1-14(28)15-5-3-6-16(13-15)23-21(30)27-11-9-26(10-12-27)19-20(29)25(2)18-17(24-19)7-4-8-22-18/h3-8,13H,9-12H2,1-2H3,(H,23,30). The molecule has 0 spiro atoms. The molecule has 1 fully saturated rings. The lowest BCUT2D eigenvalue weighted by Gasteiger charge is -2.35. The van der Waals surface area contributed by atoms with Gasteiger partial charge in [-0.25, -0.2) is 14.8 Å². The Hall–Kier alpha value is -3.75. The molecule has 1 aliphatic heterocycles. The Balaban J connectivity index is 1.45. The van der Waals surface area contributed by atoms with E-state index in [2.05, 4.69) is 15.3 Å². The fourth-order valence-corrected chi connectivity index (χ4v) is 3.49. The molecule has 4 rings (SSSR count). The van der Waals surface area contributed by atoms with E-state index in [0.29, 0.717) is 54.4 Å². The number of anilines is 2. The number of nitrogens with zero attached hydrogens (tertiary/aromatic N) is 5. The molecule has 1 aliphatic rings. The molecule has 3 heterocycles. The maximum absolute atomic E-state index is 12.7. The largest absolute Gasteiger partial charge is 0.348 e. The van der Waals surface area contributed by atoms with E-state index >= 15 is 0 Å². The SMILES string of the molecule is CC(=O)c1cccc(NC(=O)N2CCN(c3nc4cccnc4n(C)c3=O)CC2)c1. The number of carbonyl (C=O) groups is 2. The van der Waals surface area contributed by atoms with Crippen LogP contribution in [0.25, 0.3) is 11.2 Å². The van der Waals surface area contributed by atoms with Crippen molar-refractivity contribution in [2.75, 3.05) is 36.4 Å². The Labute approximate surface area is 173 Å². The van der Waals surface area contributed by atoms with Crippen LogP contribution >= 0.6 is 0 Å². The van der Waals surface area contributed by atoms with Gasteiger partial charge in [0.25, 0.3) is 5.56 Å². The van der Waals surface area contributed by atoms with Gasteiger partial charge in [0.1, 0.15) is 5.52 Å². The number of carbonyl (C=O) groups excluding carboxylic acids is 2. The molecule has 2 aromatic heterocycles. The number of rotatable bonds is 3. The molecule has 2 amide bonds. The number of hydrogen-bond acceptors (Lipinski definition) is 6. The fourth-order valence-electron chi connectivity index (χ4n) is 3.49.